The van der Waals surface area contributed by atoms with Crippen LogP contribution < -0.4 is 5.32 Å². The van der Waals surface area contributed by atoms with E-state index in [-0.39, 0.29) is 23.8 Å². The number of carbonyl (C=O) groups is 1. The summed E-state index contributed by atoms with van der Waals surface area (Å²) in [5, 5.41) is 11.4. The predicted molar refractivity (Wildman–Crippen MR) is 109 cm³/mol. The molecule has 1 aliphatic heterocycles. The van der Waals surface area contributed by atoms with Gasteiger partial charge in [-0.2, -0.15) is 5.10 Å². The zero-order valence-corrected chi connectivity index (χ0v) is 17.4. The van der Waals surface area contributed by atoms with Gasteiger partial charge in [-0.15, -0.1) is 11.3 Å². The van der Waals surface area contributed by atoms with Crippen molar-refractivity contribution in [1.82, 2.24) is 30.0 Å². The van der Waals surface area contributed by atoms with E-state index in [1.54, 1.807) is 17.7 Å². The summed E-state index contributed by atoms with van der Waals surface area (Å²) in [5.41, 5.74) is 1.14. The van der Waals surface area contributed by atoms with E-state index in [1.807, 2.05) is 4.90 Å². The van der Waals surface area contributed by atoms with Gasteiger partial charge in [-0.1, -0.05) is 13.8 Å². The van der Waals surface area contributed by atoms with E-state index < -0.39 is 0 Å². The number of hydrogen-bond donors (Lipinski definition) is 2. The van der Waals surface area contributed by atoms with Gasteiger partial charge in [-0.25, -0.2) is 15.0 Å². The van der Waals surface area contributed by atoms with Crippen LogP contribution in [0.3, 0.4) is 0 Å². The quantitative estimate of drug-likeness (QED) is 0.700. The normalized spacial score (nSPS) is 19.1. The van der Waals surface area contributed by atoms with E-state index in [1.165, 1.54) is 16.8 Å². The molecule has 0 radical (unpaired) electrons. The summed E-state index contributed by atoms with van der Waals surface area (Å²) >= 11 is 1.70. The molecule has 4 rings (SSSR count). The Balaban J connectivity index is 1.50. The Morgan fingerprint density at radius 3 is 2.86 bits per heavy atom. The number of hydrogen-bond acceptors (Lipinski definition) is 7. The van der Waals surface area contributed by atoms with Crippen LogP contribution in [0.15, 0.2) is 12.7 Å². The van der Waals surface area contributed by atoms with Gasteiger partial charge in [0.25, 0.3) is 0 Å². The number of piperidine rings is 1. The van der Waals surface area contributed by atoms with Gasteiger partial charge in [-0.3, -0.25) is 9.89 Å². The molecule has 0 saturated carbocycles. The summed E-state index contributed by atoms with van der Waals surface area (Å²) in [6, 6.07) is 0.222. The lowest BCUT2D eigenvalue weighted by atomic mass is 9.79. The third-order valence-corrected chi connectivity index (χ3v) is 6.76. The number of aromatic amines is 1. The maximum Gasteiger partial charge on any atom is 0.230 e. The summed E-state index contributed by atoms with van der Waals surface area (Å²) in [6.07, 6.45) is 4.18. The fourth-order valence-corrected chi connectivity index (χ4v) is 4.86. The van der Waals surface area contributed by atoms with E-state index in [0.717, 1.165) is 22.5 Å². The molecule has 1 amide bonds. The van der Waals surface area contributed by atoms with Crippen molar-refractivity contribution in [3.05, 3.63) is 28.9 Å². The molecule has 148 valence electrons. The third kappa shape index (κ3) is 3.46. The number of amides is 1. The molecule has 1 atom stereocenters. The molecule has 28 heavy (non-hydrogen) atoms. The Hall–Kier alpha value is -2.55. The second-order valence-electron chi connectivity index (χ2n) is 8.08. The first-order valence-electron chi connectivity index (χ1n) is 9.44. The van der Waals surface area contributed by atoms with Crippen LogP contribution in [0.1, 0.15) is 36.5 Å². The first-order chi connectivity index (χ1) is 13.3. The fraction of sp³-hybridized carbons (Fsp3) is 0.526. The minimum Gasteiger partial charge on any atom is -0.366 e. The highest BCUT2D eigenvalue weighted by Gasteiger charge is 2.38. The summed E-state index contributed by atoms with van der Waals surface area (Å²) in [5.74, 6) is 1.58. The minimum absolute atomic E-state index is 0.0806. The Morgan fingerprint density at radius 2 is 2.14 bits per heavy atom. The third-order valence-electron chi connectivity index (χ3n) is 5.64. The van der Waals surface area contributed by atoms with Gasteiger partial charge in [-0.05, 0) is 25.8 Å². The molecule has 9 heteroatoms. The maximum absolute atomic E-state index is 12.6. The van der Waals surface area contributed by atoms with Crippen LogP contribution >= 0.6 is 11.3 Å². The fourth-order valence-electron chi connectivity index (χ4n) is 3.87. The van der Waals surface area contributed by atoms with Gasteiger partial charge in [0.1, 0.15) is 29.1 Å². The van der Waals surface area contributed by atoms with E-state index in [9.17, 15) is 4.79 Å². The molecule has 0 aliphatic carbocycles. The molecule has 0 spiro atoms. The Morgan fingerprint density at radius 1 is 1.32 bits per heavy atom. The first kappa shape index (κ1) is 18.8. The number of fused-ring (bicyclic) bond motifs is 1. The zero-order chi connectivity index (χ0) is 19.9. The van der Waals surface area contributed by atoms with Crippen molar-refractivity contribution in [3.63, 3.8) is 0 Å². The second-order valence-corrected chi connectivity index (χ2v) is 9.29. The van der Waals surface area contributed by atoms with Gasteiger partial charge >= 0.3 is 0 Å². The van der Waals surface area contributed by atoms with Crippen molar-refractivity contribution in [2.45, 2.75) is 46.6 Å². The van der Waals surface area contributed by atoms with E-state index in [4.69, 9.17) is 0 Å². The summed E-state index contributed by atoms with van der Waals surface area (Å²) in [4.78, 5) is 29.9. The molecule has 3 aromatic heterocycles. The molecule has 3 aromatic rings. The molecule has 1 fully saturated rings. The molecule has 0 aromatic carbocycles. The Labute approximate surface area is 167 Å². The Bertz CT molecular complexity index is 995. The highest BCUT2D eigenvalue weighted by atomic mass is 32.1. The number of nitrogens with one attached hydrogen (secondary N) is 2. The van der Waals surface area contributed by atoms with Crippen molar-refractivity contribution in [3.8, 4) is 0 Å². The molecule has 0 bridgehead atoms. The maximum atomic E-state index is 12.6. The Kier molecular flexibility index (Phi) is 4.78. The van der Waals surface area contributed by atoms with Crippen LogP contribution in [0, 0.1) is 19.3 Å². The minimum atomic E-state index is -0.0917. The summed E-state index contributed by atoms with van der Waals surface area (Å²) in [6.45, 7) is 10.0. The number of thiophene rings is 1. The van der Waals surface area contributed by atoms with Crippen molar-refractivity contribution in [2.24, 2.45) is 5.41 Å². The number of aryl methyl sites for hydroxylation is 2. The van der Waals surface area contributed by atoms with E-state index >= 15 is 0 Å². The first-order valence-corrected chi connectivity index (χ1v) is 10.3. The van der Waals surface area contributed by atoms with Gasteiger partial charge < -0.3 is 10.2 Å². The molecule has 1 aliphatic rings. The number of aromatic nitrogens is 5. The van der Waals surface area contributed by atoms with Crippen LogP contribution in [-0.4, -0.2) is 55.1 Å². The number of rotatable bonds is 4. The largest absolute Gasteiger partial charge is 0.366 e. The number of H-pyrrole nitrogens is 1. The highest BCUT2D eigenvalue weighted by Crippen LogP contribution is 2.36. The van der Waals surface area contributed by atoms with Crippen LogP contribution in [0.4, 0.5) is 5.82 Å². The lowest BCUT2D eigenvalue weighted by Crippen LogP contribution is -2.53. The number of carbonyl (C=O) groups excluding carboxylic acids is 1. The van der Waals surface area contributed by atoms with Gasteiger partial charge in [0, 0.05) is 29.4 Å². The average molecular weight is 400 g/mol. The average Bonchev–Trinajstić information content (AvgIpc) is 3.25. The number of nitrogens with zero attached hydrogens (tertiary/aromatic N) is 5. The SMILES string of the molecule is Cc1sc2ncnc(NC3CCN(C(=O)Cc4ncn[nH]4)CC3(C)C)c2c1C. The van der Waals surface area contributed by atoms with Crippen LogP contribution in [-0.2, 0) is 11.2 Å². The molecule has 2 N–H and O–H groups in total. The van der Waals surface area contributed by atoms with E-state index in [2.05, 4.69) is 58.2 Å². The standard InChI is InChI=1S/C19H25N7OS/c1-11-12(2)28-18-16(11)17(21-9-22-18)24-13-5-6-26(8-19(13,3)4)15(27)7-14-20-10-23-25-14/h9-10,13H,5-8H2,1-4H3,(H,20,23,25)(H,21,22,24). The second kappa shape index (κ2) is 7.12. The van der Waals surface area contributed by atoms with Gasteiger partial charge in [0.15, 0.2) is 0 Å². The topological polar surface area (TPSA) is 99.7 Å². The smallest absolute Gasteiger partial charge is 0.230 e. The molecule has 1 saturated heterocycles. The summed E-state index contributed by atoms with van der Waals surface area (Å²) in [7, 11) is 0. The van der Waals surface area contributed by atoms with Crippen molar-refractivity contribution < 1.29 is 4.79 Å². The monoisotopic (exact) mass is 399 g/mol. The zero-order valence-electron chi connectivity index (χ0n) is 16.6. The van der Waals surface area contributed by atoms with Crippen LogP contribution in [0.5, 0.6) is 0 Å². The molecule has 1 unspecified atom stereocenters. The lowest BCUT2D eigenvalue weighted by molar-refractivity contribution is -0.133. The molecular formula is C19H25N7OS. The molecular weight excluding hydrogens is 374 g/mol. The van der Waals surface area contributed by atoms with Crippen LogP contribution in [0.2, 0.25) is 0 Å². The molecule has 8 nitrogen and oxygen atoms in total. The van der Waals surface area contributed by atoms with Gasteiger partial charge in [0.05, 0.1) is 11.8 Å². The van der Waals surface area contributed by atoms with Crippen molar-refractivity contribution in [2.75, 3.05) is 18.4 Å². The van der Waals surface area contributed by atoms with E-state index in [0.29, 0.717) is 18.9 Å². The summed E-state index contributed by atoms with van der Waals surface area (Å²) < 4.78 is 0. The van der Waals surface area contributed by atoms with Crippen LogP contribution in [0.25, 0.3) is 10.2 Å². The lowest BCUT2D eigenvalue weighted by Gasteiger charge is -2.44. The van der Waals surface area contributed by atoms with Gasteiger partial charge in [0.2, 0.25) is 5.91 Å². The number of anilines is 1. The van der Waals surface area contributed by atoms with Crippen molar-refractivity contribution in [1.29, 1.82) is 0 Å². The highest BCUT2D eigenvalue weighted by molar-refractivity contribution is 7.18. The number of likely N-dealkylation sites (tertiary alicyclic amines) is 1. The molecule has 4 heterocycles. The van der Waals surface area contributed by atoms with Crippen molar-refractivity contribution >= 4 is 33.3 Å². The predicted octanol–water partition coefficient (Wildman–Crippen LogP) is 2.71.